The molecule has 0 N–H and O–H groups in total. The fraction of sp³-hybridized carbons (Fsp3) is 0.211. The van der Waals surface area contributed by atoms with Gasteiger partial charge in [0.15, 0.2) is 0 Å². The number of benzene rings is 3. The van der Waals surface area contributed by atoms with Crippen LogP contribution in [-0.4, -0.2) is 58.2 Å². The molecular formula is C38H35N3O6Si. The Morgan fingerprint density at radius 2 is 0.729 bits per heavy atom. The Balaban J connectivity index is 1.43. The van der Waals surface area contributed by atoms with Gasteiger partial charge < -0.3 is 0 Å². The number of carbonyl (C=O) groups is 6. The van der Waals surface area contributed by atoms with E-state index >= 15 is 0 Å². The number of hydrogen-bond acceptors (Lipinski definition) is 6. The second-order valence-electron chi connectivity index (χ2n) is 13.3. The van der Waals surface area contributed by atoms with Gasteiger partial charge in [0.1, 0.15) is 0 Å². The summed E-state index contributed by atoms with van der Waals surface area (Å²) in [5.74, 6) is -4.29. The van der Waals surface area contributed by atoms with Crippen molar-refractivity contribution in [3.05, 3.63) is 135 Å². The van der Waals surface area contributed by atoms with Gasteiger partial charge in [0.2, 0.25) is 0 Å². The predicted octanol–water partition coefficient (Wildman–Crippen LogP) is 4.17. The Kier molecular flexibility index (Phi) is 8.30. The van der Waals surface area contributed by atoms with Gasteiger partial charge in [-0.1, -0.05) is 110 Å². The Morgan fingerprint density at radius 1 is 0.417 bits per heavy atom. The molecule has 9 nitrogen and oxygen atoms in total. The highest BCUT2D eigenvalue weighted by atomic mass is 28.3. The molecule has 3 aliphatic rings. The van der Waals surface area contributed by atoms with E-state index in [1.165, 1.54) is 19.0 Å². The molecule has 0 fully saturated rings. The number of carbonyl (C=O) groups excluding carboxylic acids is 6. The summed E-state index contributed by atoms with van der Waals surface area (Å²) in [6, 6.07) is 25.6. The Morgan fingerprint density at radius 3 is 1.08 bits per heavy atom. The largest absolute Gasteiger partial charge is 0.270 e. The third-order valence-electron chi connectivity index (χ3n) is 9.00. The molecule has 0 aliphatic carbocycles. The van der Waals surface area contributed by atoms with Gasteiger partial charge >= 0.3 is 0 Å². The average Bonchev–Trinajstić information content (AvgIpc) is 3.51. The van der Waals surface area contributed by atoms with Crippen molar-refractivity contribution in [3.8, 4) is 0 Å². The first-order chi connectivity index (χ1) is 22.8. The number of rotatable bonds is 9. The normalized spacial score (nSPS) is 17.4. The first-order valence-electron chi connectivity index (χ1n) is 15.7. The van der Waals surface area contributed by atoms with Crippen LogP contribution in [0, 0.1) is 0 Å². The Bertz CT molecular complexity index is 1890. The second-order valence-corrected chi connectivity index (χ2v) is 18.3. The zero-order chi connectivity index (χ0) is 34.5. The van der Waals surface area contributed by atoms with Crippen molar-refractivity contribution < 1.29 is 28.8 Å². The summed E-state index contributed by atoms with van der Waals surface area (Å²) in [6.07, 6.45) is 0. The molecule has 0 saturated heterocycles. The average molecular weight is 658 g/mol. The van der Waals surface area contributed by atoms with Gasteiger partial charge in [-0.25, -0.2) is 0 Å². The highest BCUT2D eigenvalue weighted by Gasteiger charge is 2.51. The van der Waals surface area contributed by atoms with E-state index in [4.69, 9.17) is 0 Å². The molecule has 0 aromatic heterocycles. The lowest BCUT2D eigenvalue weighted by Gasteiger charge is -2.19. The topological polar surface area (TPSA) is 112 Å². The van der Waals surface area contributed by atoms with Crippen molar-refractivity contribution in [2.45, 2.75) is 53.1 Å². The fourth-order valence-electron chi connectivity index (χ4n) is 6.28. The van der Waals surface area contributed by atoms with Gasteiger partial charge in [-0.05, 0) is 30.5 Å². The third-order valence-corrected chi connectivity index (χ3v) is 11.1. The van der Waals surface area contributed by atoms with E-state index < -0.39 is 43.5 Å². The van der Waals surface area contributed by atoms with Crippen LogP contribution >= 0.6 is 0 Å². The molecule has 6 rings (SSSR count). The summed E-state index contributed by atoms with van der Waals surface area (Å²) in [5.41, 5.74) is 0.923. The van der Waals surface area contributed by atoms with E-state index in [9.17, 15) is 28.8 Å². The SMILES string of the molecule is CC1=C(C2=C(C3=C(C)C(=O)N(Cc4ccccc4)C3=O)C(=O)N(Cc3ccc([Si](C)(C)C)cc3)C2=O)C(=O)N(Cc2ccccc2)C1=O. The van der Waals surface area contributed by atoms with E-state index in [2.05, 4.69) is 19.6 Å². The van der Waals surface area contributed by atoms with Crippen LogP contribution in [0.15, 0.2) is 118 Å². The van der Waals surface area contributed by atoms with Gasteiger partial charge in [0.25, 0.3) is 35.4 Å². The monoisotopic (exact) mass is 657 g/mol. The molecular weight excluding hydrogens is 623 g/mol. The third kappa shape index (κ3) is 5.58. The van der Waals surface area contributed by atoms with Crippen LogP contribution in [0.4, 0.5) is 0 Å². The first-order valence-corrected chi connectivity index (χ1v) is 19.2. The smallest absolute Gasteiger partial charge is 0.262 e. The summed E-state index contributed by atoms with van der Waals surface area (Å²) in [7, 11) is -1.61. The Labute approximate surface area is 279 Å². The number of nitrogens with zero attached hydrogens (tertiary/aromatic N) is 3. The molecule has 0 bridgehead atoms. The molecule has 6 amide bonds. The second kappa shape index (κ2) is 12.3. The van der Waals surface area contributed by atoms with Crippen molar-refractivity contribution in [1.82, 2.24) is 14.7 Å². The van der Waals surface area contributed by atoms with Crippen molar-refractivity contribution in [1.29, 1.82) is 0 Å². The zero-order valence-corrected chi connectivity index (χ0v) is 28.5. The summed E-state index contributed by atoms with van der Waals surface area (Å²) < 4.78 is 0. The van der Waals surface area contributed by atoms with E-state index in [-0.39, 0.29) is 53.1 Å². The van der Waals surface area contributed by atoms with E-state index in [0.29, 0.717) is 16.7 Å². The van der Waals surface area contributed by atoms with Crippen LogP contribution in [0.5, 0.6) is 0 Å². The van der Waals surface area contributed by atoms with Crippen LogP contribution in [0.1, 0.15) is 30.5 Å². The van der Waals surface area contributed by atoms with Gasteiger partial charge in [-0.2, -0.15) is 0 Å². The fourth-order valence-corrected chi connectivity index (χ4v) is 7.44. The maximum Gasteiger partial charge on any atom is 0.262 e. The first kappa shape index (κ1) is 32.5. The van der Waals surface area contributed by atoms with Gasteiger partial charge in [-0.3, -0.25) is 43.5 Å². The molecule has 3 aromatic carbocycles. The van der Waals surface area contributed by atoms with Gasteiger partial charge in [-0.15, -0.1) is 0 Å². The number of imide groups is 3. The van der Waals surface area contributed by atoms with E-state index in [0.717, 1.165) is 14.7 Å². The lowest BCUT2D eigenvalue weighted by Crippen LogP contribution is -2.37. The predicted molar refractivity (Wildman–Crippen MR) is 181 cm³/mol. The molecule has 242 valence electrons. The molecule has 10 heteroatoms. The number of hydrogen-bond donors (Lipinski definition) is 0. The van der Waals surface area contributed by atoms with Crippen LogP contribution < -0.4 is 5.19 Å². The maximum absolute atomic E-state index is 14.3. The van der Waals surface area contributed by atoms with Crippen LogP contribution in [0.3, 0.4) is 0 Å². The van der Waals surface area contributed by atoms with Crippen molar-refractivity contribution >= 4 is 48.7 Å². The molecule has 3 heterocycles. The van der Waals surface area contributed by atoms with E-state index in [1.807, 2.05) is 36.4 Å². The minimum Gasteiger partial charge on any atom is -0.270 e. The maximum atomic E-state index is 14.3. The van der Waals surface area contributed by atoms with Crippen LogP contribution in [0.2, 0.25) is 19.6 Å². The molecule has 48 heavy (non-hydrogen) atoms. The molecule has 0 radical (unpaired) electrons. The summed E-state index contributed by atoms with van der Waals surface area (Å²) in [5, 5.41) is 1.20. The highest BCUT2D eigenvalue weighted by molar-refractivity contribution is 6.88. The minimum absolute atomic E-state index is 0.0120. The lowest BCUT2D eigenvalue weighted by molar-refractivity contribution is -0.141. The molecule has 0 saturated carbocycles. The molecule has 0 unspecified atom stereocenters. The quantitative estimate of drug-likeness (QED) is 0.252. The summed E-state index contributed by atoms with van der Waals surface area (Å²) in [6.45, 7) is 9.31. The molecule has 3 aromatic rings. The van der Waals surface area contributed by atoms with Crippen molar-refractivity contribution in [3.63, 3.8) is 0 Å². The summed E-state index contributed by atoms with van der Waals surface area (Å²) >= 11 is 0. The minimum atomic E-state index is -1.61. The highest BCUT2D eigenvalue weighted by Crippen LogP contribution is 2.41. The standard InChI is InChI=1S/C38H35N3O6Si/c1-23-29(35(44)39(33(23)42)20-25-12-8-6-9-13-25)31-32(30-24(2)34(43)40(36(30)45)21-26-14-10-7-11-15-26)38(47)41(37(31)46)22-27-16-18-28(19-17-27)48(3,4)5/h6-19H,20-22H2,1-5H3. The van der Waals surface area contributed by atoms with Crippen LogP contribution in [-0.2, 0) is 48.4 Å². The lowest BCUT2D eigenvalue weighted by atomic mass is 9.92. The van der Waals surface area contributed by atoms with E-state index in [1.54, 1.807) is 48.5 Å². The van der Waals surface area contributed by atoms with Crippen molar-refractivity contribution in [2.24, 2.45) is 0 Å². The van der Waals surface area contributed by atoms with Crippen molar-refractivity contribution in [2.75, 3.05) is 0 Å². The molecule has 0 spiro atoms. The zero-order valence-electron chi connectivity index (χ0n) is 27.5. The molecule has 0 atom stereocenters. The van der Waals surface area contributed by atoms with Crippen LogP contribution in [0.25, 0.3) is 0 Å². The number of amides is 6. The molecule has 3 aliphatic heterocycles. The summed E-state index contributed by atoms with van der Waals surface area (Å²) in [4.78, 5) is 86.8. The Hall–Kier alpha value is -5.48. The van der Waals surface area contributed by atoms with Gasteiger partial charge in [0, 0.05) is 11.1 Å². The van der Waals surface area contributed by atoms with Gasteiger partial charge in [0.05, 0.1) is 50.0 Å².